The number of rotatable bonds is 3. The van der Waals surface area contributed by atoms with E-state index in [1.165, 1.54) is 0 Å². The second-order valence-corrected chi connectivity index (χ2v) is 5.74. The summed E-state index contributed by atoms with van der Waals surface area (Å²) in [7, 11) is 0. The van der Waals surface area contributed by atoms with E-state index in [0.717, 1.165) is 12.1 Å². The minimum atomic E-state index is -0.448. The van der Waals surface area contributed by atoms with Gasteiger partial charge in [-0.3, -0.25) is 15.0 Å². The van der Waals surface area contributed by atoms with E-state index in [1.54, 1.807) is 12.1 Å². The Hall–Kier alpha value is -1.17. The maximum atomic E-state index is 10.9. The topological polar surface area (TPSA) is 55.6 Å². The molecular formula is C13H17ClN2O3. The molecule has 1 heterocycles. The number of benzene rings is 1. The van der Waals surface area contributed by atoms with Crippen LogP contribution in [0.25, 0.3) is 0 Å². The fraction of sp³-hybridized carbons (Fsp3) is 0.538. The summed E-state index contributed by atoms with van der Waals surface area (Å²) in [6.45, 7) is 7.06. The first kappa shape index (κ1) is 14.2. The average Bonchev–Trinajstić information content (AvgIpc) is 2.33. The van der Waals surface area contributed by atoms with Crippen molar-refractivity contribution in [3.8, 4) is 0 Å². The Balaban J connectivity index is 2.19. The predicted octanol–water partition coefficient (Wildman–Crippen LogP) is 2.86. The van der Waals surface area contributed by atoms with Gasteiger partial charge in [0.2, 0.25) is 0 Å². The van der Waals surface area contributed by atoms with Crippen molar-refractivity contribution in [1.29, 1.82) is 0 Å². The van der Waals surface area contributed by atoms with Crippen molar-refractivity contribution < 1.29 is 9.66 Å². The first-order valence-corrected chi connectivity index (χ1v) is 6.53. The third-order valence-corrected chi connectivity index (χ3v) is 3.72. The number of nitro benzene ring substituents is 1. The second-order valence-electron chi connectivity index (χ2n) is 5.33. The number of nitro groups is 1. The largest absolute Gasteiger partial charge is 0.378 e. The highest BCUT2D eigenvalue weighted by Crippen LogP contribution is 2.27. The Kier molecular flexibility index (Phi) is 4.08. The molecule has 1 saturated heterocycles. The van der Waals surface area contributed by atoms with Gasteiger partial charge < -0.3 is 4.74 Å². The van der Waals surface area contributed by atoms with Crippen LogP contribution in [0.1, 0.15) is 19.4 Å². The van der Waals surface area contributed by atoms with Crippen molar-refractivity contribution in [2.24, 2.45) is 0 Å². The Bertz CT molecular complexity index is 491. The van der Waals surface area contributed by atoms with Crippen LogP contribution in [0.15, 0.2) is 18.2 Å². The molecule has 5 nitrogen and oxygen atoms in total. The van der Waals surface area contributed by atoms with Gasteiger partial charge in [0.1, 0.15) is 5.02 Å². The zero-order valence-electron chi connectivity index (χ0n) is 11.1. The molecule has 0 spiro atoms. The molecule has 0 bridgehead atoms. The van der Waals surface area contributed by atoms with Crippen LogP contribution in [-0.2, 0) is 11.3 Å². The SMILES string of the molecule is CC1(C)COCCN1Cc1ccc(Cl)c([N+](=O)[O-])c1. The lowest BCUT2D eigenvalue weighted by atomic mass is 10.0. The average molecular weight is 285 g/mol. The van der Waals surface area contributed by atoms with Gasteiger partial charge in [0.15, 0.2) is 0 Å². The van der Waals surface area contributed by atoms with E-state index in [2.05, 4.69) is 18.7 Å². The minimum Gasteiger partial charge on any atom is -0.378 e. The minimum absolute atomic E-state index is 0.0368. The number of nitrogens with zero attached hydrogens (tertiary/aromatic N) is 2. The fourth-order valence-electron chi connectivity index (χ4n) is 2.20. The Morgan fingerprint density at radius 2 is 2.26 bits per heavy atom. The number of ether oxygens (including phenoxy) is 1. The molecule has 0 N–H and O–H groups in total. The molecule has 0 atom stereocenters. The van der Waals surface area contributed by atoms with Gasteiger partial charge in [0.05, 0.1) is 18.1 Å². The number of hydrogen-bond donors (Lipinski definition) is 0. The highest BCUT2D eigenvalue weighted by Gasteiger charge is 2.30. The Morgan fingerprint density at radius 1 is 1.53 bits per heavy atom. The fourth-order valence-corrected chi connectivity index (χ4v) is 2.39. The van der Waals surface area contributed by atoms with Crippen LogP contribution in [0.2, 0.25) is 5.02 Å². The van der Waals surface area contributed by atoms with E-state index < -0.39 is 4.92 Å². The van der Waals surface area contributed by atoms with Crippen LogP contribution in [0, 0.1) is 10.1 Å². The molecule has 1 aromatic carbocycles. The van der Waals surface area contributed by atoms with Gasteiger partial charge >= 0.3 is 0 Å². The second kappa shape index (κ2) is 5.45. The number of hydrogen-bond acceptors (Lipinski definition) is 4. The molecule has 0 radical (unpaired) electrons. The smallest absolute Gasteiger partial charge is 0.288 e. The molecule has 1 fully saturated rings. The highest BCUT2D eigenvalue weighted by molar-refractivity contribution is 6.32. The molecule has 0 unspecified atom stereocenters. The van der Waals surface area contributed by atoms with Gasteiger partial charge in [-0.1, -0.05) is 17.7 Å². The van der Waals surface area contributed by atoms with Crippen molar-refractivity contribution in [2.45, 2.75) is 25.9 Å². The van der Waals surface area contributed by atoms with Crippen LogP contribution in [0.3, 0.4) is 0 Å². The van der Waals surface area contributed by atoms with E-state index >= 15 is 0 Å². The van der Waals surface area contributed by atoms with Crippen molar-refractivity contribution in [2.75, 3.05) is 19.8 Å². The lowest BCUT2D eigenvalue weighted by Crippen LogP contribution is -2.52. The number of halogens is 1. The molecule has 2 rings (SSSR count). The normalized spacial score (nSPS) is 19.3. The third-order valence-electron chi connectivity index (χ3n) is 3.40. The summed E-state index contributed by atoms with van der Waals surface area (Å²) >= 11 is 5.81. The summed E-state index contributed by atoms with van der Waals surface area (Å²) in [5.41, 5.74) is 0.795. The van der Waals surface area contributed by atoms with E-state index in [4.69, 9.17) is 16.3 Å². The van der Waals surface area contributed by atoms with Crippen molar-refractivity contribution in [3.63, 3.8) is 0 Å². The summed E-state index contributed by atoms with van der Waals surface area (Å²) in [5.74, 6) is 0. The van der Waals surface area contributed by atoms with E-state index in [1.807, 2.05) is 6.07 Å². The molecule has 19 heavy (non-hydrogen) atoms. The van der Waals surface area contributed by atoms with Crippen molar-refractivity contribution in [1.82, 2.24) is 4.90 Å². The lowest BCUT2D eigenvalue weighted by molar-refractivity contribution is -0.384. The molecule has 0 saturated carbocycles. The molecule has 104 valence electrons. The van der Waals surface area contributed by atoms with Crippen LogP contribution in [0.4, 0.5) is 5.69 Å². The summed E-state index contributed by atoms with van der Waals surface area (Å²) in [6, 6.07) is 4.97. The molecule has 6 heteroatoms. The Morgan fingerprint density at radius 3 is 2.89 bits per heavy atom. The van der Waals surface area contributed by atoms with Crippen molar-refractivity contribution >= 4 is 17.3 Å². The summed E-state index contributed by atoms with van der Waals surface area (Å²) < 4.78 is 5.46. The van der Waals surface area contributed by atoms with E-state index in [-0.39, 0.29) is 16.2 Å². The van der Waals surface area contributed by atoms with Crippen LogP contribution in [0.5, 0.6) is 0 Å². The number of morpholine rings is 1. The van der Waals surface area contributed by atoms with E-state index in [0.29, 0.717) is 19.8 Å². The van der Waals surface area contributed by atoms with Crippen LogP contribution < -0.4 is 0 Å². The Labute approximate surface area is 117 Å². The standard InChI is InChI=1S/C13H17ClN2O3/c1-13(2)9-19-6-5-15(13)8-10-3-4-11(14)12(7-10)16(17)18/h3-4,7H,5-6,8-9H2,1-2H3. The summed E-state index contributed by atoms with van der Waals surface area (Å²) in [5, 5.41) is 11.1. The third kappa shape index (κ3) is 3.23. The molecule has 1 aliphatic heterocycles. The maximum absolute atomic E-state index is 10.9. The molecule has 0 aliphatic carbocycles. The molecular weight excluding hydrogens is 268 g/mol. The summed E-state index contributed by atoms with van der Waals surface area (Å²) in [4.78, 5) is 12.7. The predicted molar refractivity (Wildman–Crippen MR) is 73.4 cm³/mol. The quantitative estimate of drug-likeness (QED) is 0.633. The van der Waals surface area contributed by atoms with Gasteiger partial charge in [0.25, 0.3) is 5.69 Å². The first-order valence-electron chi connectivity index (χ1n) is 6.16. The highest BCUT2D eigenvalue weighted by atomic mass is 35.5. The monoisotopic (exact) mass is 284 g/mol. The van der Waals surface area contributed by atoms with Gasteiger partial charge in [-0.2, -0.15) is 0 Å². The molecule has 1 aromatic rings. The maximum Gasteiger partial charge on any atom is 0.288 e. The lowest BCUT2D eigenvalue weighted by Gasteiger charge is -2.42. The van der Waals surface area contributed by atoms with Crippen molar-refractivity contribution in [3.05, 3.63) is 38.9 Å². The van der Waals surface area contributed by atoms with E-state index in [9.17, 15) is 10.1 Å². The van der Waals surface area contributed by atoms with Gasteiger partial charge in [-0.05, 0) is 25.5 Å². The summed E-state index contributed by atoms with van der Waals surface area (Å²) in [6.07, 6.45) is 0. The molecule has 0 amide bonds. The van der Waals surface area contributed by atoms with Gasteiger partial charge in [-0.25, -0.2) is 0 Å². The van der Waals surface area contributed by atoms with Gasteiger partial charge in [0, 0.05) is 24.7 Å². The zero-order chi connectivity index (χ0) is 14.0. The van der Waals surface area contributed by atoms with Gasteiger partial charge in [-0.15, -0.1) is 0 Å². The zero-order valence-corrected chi connectivity index (χ0v) is 11.8. The first-order chi connectivity index (χ1) is 8.90. The molecule has 1 aliphatic rings. The molecule has 0 aromatic heterocycles. The van der Waals surface area contributed by atoms with Crippen LogP contribution in [-0.4, -0.2) is 35.1 Å². The van der Waals surface area contributed by atoms with Crippen LogP contribution >= 0.6 is 11.6 Å².